The van der Waals surface area contributed by atoms with Crippen LogP contribution < -0.4 is 15.4 Å². The van der Waals surface area contributed by atoms with Crippen molar-refractivity contribution in [3.8, 4) is 34.3 Å². The maximum atomic E-state index is 12.9. The van der Waals surface area contributed by atoms with Gasteiger partial charge in [-0.1, -0.05) is 12.1 Å². The molecule has 0 radical (unpaired) electrons. The molecule has 0 unspecified atom stereocenters. The molecule has 192 valence electrons. The molecule has 1 amide bonds. The Hall–Kier alpha value is -4.96. The van der Waals surface area contributed by atoms with Gasteiger partial charge in [0.05, 0.1) is 18.8 Å². The molecule has 2 aromatic carbocycles. The van der Waals surface area contributed by atoms with Crippen LogP contribution in [0.1, 0.15) is 17.3 Å². The Kier molecular flexibility index (Phi) is 7.14. The number of rotatable bonds is 9. The summed E-state index contributed by atoms with van der Waals surface area (Å²) in [7, 11) is 1.61. The summed E-state index contributed by atoms with van der Waals surface area (Å²) >= 11 is 0. The maximum absolute atomic E-state index is 12.9. The summed E-state index contributed by atoms with van der Waals surface area (Å²) in [6.45, 7) is 2.02. The highest BCUT2D eigenvalue weighted by Crippen LogP contribution is 2.27. The molecule has 0 saturated carbocycles. The van der Waals surface area contributed by atoms with Gasteiger partial charge in [-0.25, -0.2) is 9.97 Å². The number of anilines is 2. The molecule has 10 nitrogen and oxygen atoms in total. The van der Waals surface area contributed by atoms with Crippen molar-refractivity contribution in [1.82, 2.24) is 19.5 Å². The number of carbonyl (C=O) groups is 1. The summed E-state index contributed by atoms with van der Waals surface area (Å²) in [5, 5.41) is 15.4. The second kappa shape index (κ2) is 11.0. The zero-order valence-corrected chi connectivity index (χ0v) is 20.8. The van der Waals surface area contributed by atoms with Gasteiger partial charge in [0.15, 0.2) is 0 Å². The van der Waals surface area contributed by atoms with Gasteiger partial charge in [0.2, 0.25) is 5.95 Å². The first-order valence-corrected chi connectivity index (χ1v) is 11.9. The fraction of sp³-hybridized carbons (Fsp3) is 0.143. The first-order chi connectivity index (χ1) is 18.5. The molecule has 0 aliphatic carbocycles. The number of carbonyl (C=O) groups excluding carboxylic acids is 1. The average molecular weight is 511 g/mol. The first-order valence-electron chi connectivity index (χ1n) is 11.9. The van der Waals surface area contributed by atoms with Gasteiger partial charge in [-0.15, -0.1) is 0 Å². The SMILES string of the molecule is COc1ccc(-c2cc(C(=O)Nc3cccc(-c4nccn4-c4ccnc(NC[C@H](C)O)n4)c3)co2)cc1. The number of hydrogen-bond donors (Lipinski definition) is 3. The van der Waals surface area contributed by atoms with E-state index in [1.807, 2.05) is 53.1 Å². The standard InChI is InChI=1S/C28H26N6O4/c1-18(35)16-31-28-30-11-10-25(33-28)34-13-12-29-26(34)20-4-3-5-22(14-20)32-27(36)21-15-24(38-17-21)19-6-8-23(37-2)9-7-19/h3-15,17-18,35H,16H2,1-2H3,(H,32,36)(H,30,31,33)/t18-/m0/s1. The van der Waals surface area contributed by atoms with Crippen molar-refractivity contribution in [3.63, 3.8) is 0 Å². The van der Waals surface area contributed by atoms with E-state index in [0.717, 1.165) is 16.9 Å². The number of ether oxygens (including phenoxy) is 1. The van der Waals surface area contributed by atoms with E-state index < -0.39 is 6.10 Å². The molecule has 0 saturated heterocycles. The number of nitrogens with zero attached hydrogens (tertiary/aromatic N) is 4. The van der Waals surface area contributed by atoms with E-state index in [2.05, 4.69) is 25.6 Å². The maximum Gasteiger partial charge on any atom is 0.258 e. The normalized spacial score (nSPS) is 11.7. The molecule has 3 heterocycles. The van der Waals surface area contributed by atoms with Crippen molar-refractivity contribution in [2.24, 2.45) is 0 Å². The largest absolute Gasteiger partial charge is 0.497 e. The van der Waals surface area contributed by atoms with E-state index in [0.29, 0.717) is 41.1 Å². The third kappa shape index (κ3) is 5.55. The minimum absolute atomic E-state index is 0.293. The number of imidazole rings is 1. The van der Waals surface area contributed by atoms with E-state index >= 15 is 0 Å². The van der Waals surface area contributed by atoms with Crippen LogP contribution in [0.4, 0.5) is 11.6 Å². The zero-order chi connectivity index (χ0) is 26.5. The summed E-state index contributed by atoms with van der Waals surface area (Å²) in [6.07, 6.45) is 6.02. The van der Waals surface area contributed by atoms with E-state index in [9.17, 15) is 9.90 Å². The van der Waals surface area contributed by atoms with Crippen LogP contribution in [0.2, 0.25) is 0 Å². The fourth-order valence-corrected chi connectivity index (χ4v) is 3.81. The molecule has 38 heavy (non-hydrogen) atoms. The minimum Gasteiger partial charge on any atom is -0.497 e. The fourth-order valence-electron chi connectivity index (χ4n) is 3.81. The predicted molar refractivity (Wildman–Crippen MR) is 143 cm³/mol. The topological polar surface area (TPSA) is 127 Å². The molecule has 3 aromatic heterocycles. The third-order valence-electron chi connectivity index (χ3n) is 5.70. The van der Waals surface area contributed by atoms with Gasteiger partial charge in [0.1, 0.15) is 29.4 Å². The smallest absolute Gasteiger partial charge is 0.258 e. The highest BCUT2D eigenvalue weighted by molar-refractivity contribution is 6.04. The van der Waals surface area contributed by atoms with Crippen LogP contribution in [0.5, 0.6) is 5.75 Å². The summed E-state index contributed by atoms with van der Waals surface area (Å²) in [6, 6.07) is 18.3. The van der Waals surface area contributed by atoms with Crippen LogP contribution in [-0.2, 0) is 0 Å². The van der Waals surface area contributed by atoms with Gasteiger partial charge < -0.3 is 24.9 Å². The molecule has 3 N–H and O–H groups in total. The monoisotopic (exact) mass is 510 g/mol. The number of hydrogen-bond acceptors (Lipinski definition) is 8. The summed E-state index contributed by atoms with van der Waals surface area (Å²) in [4.78, 5) is 26.2. The van der Waals surface area contributed by atoms with E-state index in [-0.39, 0.29) is 5.91 Å². The molecule has 0 fully saturated rings. The zero-order valence-electron chi connectivity index (χ0n) is 20.8. The molecule has 5 aromatic rings. The van der Waals surface area contributed by atoms with Crippen LogP contribution in [0.15, 0.2) is 89.9 Å². The molecule has 1 atom stereocenters. The molecular weight excluding hydrogens is 484 g/mol. The lowest BCUT2D eigenvalue weighted by molar-refractivity contribution is 0.102. The highest BCUT2D eigenvalue weighted by atomic mass is 16.5. The Morgan fingerprint density at radius 1 is 1.08 bits per heavy atom. The number of aliphatic hydroxyl groups excluding tert-OH is 1. The predicted octanol–water partition coefficient (Wildman–Crippen LogP) is 4.64. The van der Waals surface area contributed by atoms with E-state index in [4.69, 9.17) is 9.15 Å². The van der Waals surface area contributed by atoms with Crippen molar-refractivity contribution in [2.45, 2.75) is 13.0 Å². The van der Waals surface area contributed by atoms with Crippen LogP contribution in [-0.4, -0.2) is 50.3 Å². The summed E-state index contributed by atoms with van der Waals surface area (Å²) in [5.74, 6) is 2.69. The lowest BCUT2D eigenvalue weighted by Crippen LogP contribution is -2.17. The number of methoxy groups -OCH3 is 1. The second-order valence-electron chi connectivity index (χ2n) is 8.55. The third-order valence-corrected chi connectivity index (χ3v) is 5.70. The number of nitrogens with one attached hydrogen (secondary N) is 2. The molecule has 5 rings (SSSR count). The van der Waals surface area contributed by atoms with Crippen molar-refractivity contribution >= 4 is 17.5 Å². The number of aromatic nitrogens is 4. The molecular formula is C28H26N6O4. The number of aliphatic hydroxyl groups is 1. The first kappa shape index (κ1) is 24.7. The molecule has 0 spiro atoms. The van der Waals surface area contributed by atoms with Crippen molar-refractivity contribution in [1.29, 1.82) is 0 Å². The Morgan fingerprint density at radius 3 is 2.71 bits per heavy atom. The second-order valence-corrected chi connectivity index (χ2v) is 8.55. The van der Waals surface area contributed by atoms with Gasteiger partial charge in [-0.2, -0.15) is 4.98 Å². The quantitative estimate of drug-likeness (QED) is 0.262. The van der Waals surface area contributed by atoms with Crippen LogP contribution in [0, 0.1) is 0 Å². The number of benzene rings is 2. The summed E-state index contributed by atoms with van der Waals surface area (Å²) in [5.41, 5.74) is 2.64. The molecule has 0 bridgehead atoms. The van der Waals surface area contributed by atoms with Gasteiger partial charge >= 0.3 is 0 Å². The van der Waals surface area contributed by atoms with Crippen LogP contribution in [0.25, 0.3) is 28.5 Å². The van der Waals surface area contributed by atoms with Crippen molar-refractivity contribution < 1.29 is 19.1 Å². The van der Waals surface area contributed by atoms with Crippen molar-refractivity contribution in [3.05, 3.63) is 91.1 Å². The van der Waals surface area contributed by atoms with Gasteiger partial charge in [0.25, 0.3) is 5.91 Å². The molecule has 0 aliphatic rings. The lowest BCUT2D eigenvalue weighted by atomic mass is 10.1. The van der Waals surface area contributed by atoms with Gasteiger partial charge in [-0.05, 0) is 55.5 Å². The average Bonchev–Trinajstić information content (AvgIpc) is 3.63. The summed E-state index contributed by atoms with van der Waals surface area (Å²) < 4.78 is 12.6. The van der Waals surface area contributed by atoms with Gasteiger partial charge in [-0.3, -0.25) is 9.36 Å². The Morgan fingerprint density at radius 2 is 1.92 bits per heavy atom. The van der Waals surface area contributed by atoms with Crippen molar-refractivity contribution in [2.75, 3.05) is 24.3 Å². The minimum atomic E-state index is -0.528. The molecule has 10 heteroatoms. The van der Waals surface area contributed by atoms with E-state index in [1.54, 1.807) is 44.8 Å². The number of furan rings is 1. The highest BCUT2D eigenvalue weighted by Gasteiger charge is 2.14. The Bertz CT molecular complexity index is 1540. The van der Waals surface area contributed by atoms with Crippen LogP contribution in [0.3, 0.4) is 0 Å². The Labute approximate surface area is 219 Å². The van der Waals surface area contributed by atoms with E-state index in [1.165, 1.54) is 6.26 Å². The molecule has 0 aliphatic heterocycles. The number of amides is 1. The van der Waals surface area contributed by atoms with Crippen LogP contribution >= 0.6 is 0 Å². The van der Waals surface area contributed by atoms with Gasteiger partial charge in [0, 0.05) is 41.9 Å². The Balaban J connectivity index is 1.33. The lowest BCUT2D eigenvalue weighted by Gasteiger charge is -2.11.